The second-order valence-corrected chi connectivity index (χ2v) is 13.2. The highest BCUT2D eigenvalue weighted by Gasteiger charge is 2.72. The molecule has 1 unspecified atom stereocenters. The van der Waals surface area contributed by atoms with Crippen LogP contribution in [0.25, 0.3) is 11.8 Å². The fourth-order valence-electron chi connectivity index (χ4n) is 8.35. The van der Waals surface area contributed by atoms with Crippen LogP contribution in [0.2, 0.25) is 0 Å². The first-order valence-electron chi connectivity index (χ1n) is 13.6. The molecule has 0 amide bonds. The highest BCUT2D eigenvalue weighted by atomic mass is 16.3. The van der Waals surface area contributed by atoms with Crippen LogP contribution in [-0.4, -0.2) is 38.3 Å². The van der Waals surface area contributed by atoms with Crippen molar-refractivity contribution in [3.05, 3.63) is 56.4 Å². The van der Waals surface area contributed by atoms with E-state index in [9.17, 15) is 29.7 Å². The topological polar surface area (TPSA) is 112 Å². The predicted molar refractivity (Wildman–Crippen MR) is 146 cm³/mol. The molecule has 5 rings (SSSR count). The van der Waals surface area contributed by atoms with Crippen molar-refractivity contribution < 1.29 is 29.7 Å². The van der Waals surface area contributed by atoms with E-state index in [-0.39, 0.29) is 29.6 Å². The Hall–Kier alpha value is -2.99. The molecule has 4 aliphatic rings. The lowest BCUT2D eigenvalue weighted by atomic mass is 9.43. The van der Waals surface area contributed by atoms with Crippen LogP contribution >= 0.6 is 0 Å². The number of fused-ring (bicyclic) bond motifs is 5. The monoisotopic (exact) mass is 518 g/mol. The van der Waals surface area contributed by atoms with Gasteiger partial charge in [0.05, 0.1) is 0 Å². The predicted octanol–water partition coefficient (Wildman–Crippen LogP) is 5.57. The third-order valence-corrected chi connectivity index (χ3v) is 9.69. The van der Waals surface area contributed by atoms with E-state index in [1.165, 1.54) is 0 Å². The minimum absolute atomic E-state index is 0.0731. The van der Waals surface area contributed by atoms with E-state index in [1.54, 1.807) is 6.92 Å². The van der Waals surface area contributed by atoms with E-state index in [4.69, 9.17) is 0 Å². The molecule has 0 saturated heterocycles. The van der Waals surface area contributed by atoms with Gasteiger partial charge >= 0.3 is 0 Å². The zero-order valence-corrected chi connectivity index (χ0v) is 23.6. The van der Waals surface area contributed by atoms with Gasteiger partial charge in [0.2, 0.25) is 5.78 Å². The molecule has 4 atom stereocenters. The quantitative estimate of drug-likeness (QED) is 0.451. The van der Waals surface area contributed by atoms with E-state index in [1.807, 2.05) is 27.7 Å². The SMILES string of the molecule is CC(=O)C1=C(O)[C@]2(O)C(=O)C3=C(O)c4c5c(cc(C(C)C)c4C[C@]3(C)C[C@]2(C)C(C(C)C)C1=O)C=C(C)C5. The van der Waals surface area contributed by atoms with Crippen LogP contribution in [0, 0.1) is 22.7 Å². The molecular weight excluding hydrogens is 480 g/mol. The summed E-state index contributed by atoms with van der Waals surface area (Å²) in [4.78, 5) is 40.6. The van der Waals surface area contributed by atoms with Crippen LogP contribution in [-0.2, 0) is 27.2 Å². The number of rotatable bonds is 3. The summed E-state index contributed by atoms with van der Waals surface area (Å²) in [6.45, 7) is 14.7. The molecule has 1 aromatic rings. The number of aliphatic hydroxyl groups is 3. The summed E-state index contributed by atoms with van der Waals surface area (Å²) in [7, 11) is 0. The Labute approximate surface area is 224 Å². The van der Waals surface area contributed by atoms with Crippen LogP contribution in [0.4, 0.5) is 0 Å². The van der Waals surface area contributed by atoms with E-state index >= 15 is 0 Å². The van der Waals surface area contributed by atoms with E-state index in [2.05, 4.69) is 26.0 Å². The molecule has 6 nitrogen and oxygen atoms in total. The van der Waals surface area contributed by atoms with Crippen molar-refractivity contribution in [3.8, 4) is 0 Å². The molecule has 1 fully saturated rings. The molecule has 0 spiro atoms. The highest BCUT2D eigenvalue weighted by molar-refractivity contribution is 6.24. The largest absolute Gasteiger partial charge is 0.508 e. The summed E-state index contributed by atoms with van der Waals surface area (Å²) in [6.07, 6.45) is 3.40. The van der Waals surface area contributed by atoms with E-state index in [0.29, 0.717) is 18.4 Å². The lowest BCUT2D eigenvalue weighted by molar-refractivity contribution is -0.178. The molecular formula is C32H38O6. The smallest absolute Gasteiger partial charge is 0.203 e. The van der Waals surface area contributed by atoms with Gasteiger partial charge in [0.25, 0.3) is 0 Å². The summed E-state index contributed by atoms with van der Waals surface area (Å²) in [5.74, 6) is -4.10. The number of allylic oxidation sites excluding steroid dienone is 2. The van der Waals surface area contributed by atoms with Crippen LogP contribution < -0.4 is 0 Å². The molecule has 0 aliphatic heterocycles. The zero-order chi connectivity index (χ0) is 28.3. The van der Waals surface area contributed by atoms with Gasteiger partial charge in [0.1, 0.15) is 17.1 Å². The average Bonchev–Trinajstić information content (AvgIpc) is 3.14. The van der Waals surface area contributed by atoms with Crippen LogP contribution in [0.5, 0.6) is 0 Å². The fourth-order valence-corrected chi connectivity index (χ4v) is 8.35. The van der Waals surface area contributed by atoms with Gasteiger partial charge in [0, 0.05) is 27.9 Å². The van der Waals surface area contributed by atoms with Gasteiger partial charge in [-0.3, -0.25) is 14.4 Å². The number of carbonyl (C=O) groups excluding carboxylic acids is 3. The molecule has 3 N–H and O–H groups in total. The molecule has 0 heterocycles. The Kier molecular flexibility index (Phi) is 5.61. The van der Waals surface area contributed by atoms with Gasteiger partial charge in [0.15, 0.2) is 17.2 Å². The highest BCUT2D eigenvalue weighted by Crippen LogP contribution is 2.65. The summed E-state index contributed by atoms with van der Waals surface area (Å²) >= 11 is 0. The maximum atomic E-state index is 14.5. The molecule has 1 saturated carbocycles. The zero-order valence-electron chi connectivity index (χ0n) is 23.6. The number of aliphatic hydroxyl groups excluding tert-OH is 2. The van der Waals surface area contributed by atoms with Crippen molar-refractivity contribution in [3.63, 3.8) is 0 Å². The van der Waals surface area contributed by atoms with E-state index < -0.39 is 51.0 Å². The molecule has 1 aromatic carbocycles. The first kappa shape index (κ1) is 26.6. The van der Waals surface area contributed by atoms with Gasteiger partial charge < -0.3 is 15.3 Å². The Morgan fingerprint density at radius 3 is 2.26 bits per heavy atom. The third-order valence-electron chi connectivity index (χ3n) is 9.69. The normalized spacial score (nSPS) is 32.4. The summed E-state index contributed by atoms with van der Waals surface area (Å²) in [6, 6.07) is 2.19. The number of ketones is 3. The van der Waals surface area contributed by atoms with Gasteiger partial charge in [-0.1, -0.05) is 59.3 Å². The summed E-state index contributed by atoms with van der Waals surface area (Å²) < 4.78 is 0. The third kappa shape index (κ3) is 3.07. The molecule has 38 heavy (non-hydrogen) atoms. The molecule has 0 radical (unpaired) electrons. The van der Waals surface area contributed by atoms with Gasteiger partial charge in [-0.2, -0.15) is 0 Å². The van der Waals surface area contributed by atoms with E-state index in [0.717, 1.165) is 34.8 Å². The molecule has 0 aromatic heterocycles. The van der Waals surface area contributed by atoms with Gasteiger partial charge in [-0.25, -0.2) is 0 Å². The van der Waals surface area contributed by atoms with Gasteiger partial charge in [-0.05, 0) is 67.2 Å². The maximum absolute atomic E-state index is 14.5. The Bertz CT molecular complexity index is 1440. The minimum atomic E-state index is -2.51. The number of benzene rings is 1. The van der Waals surface area contributed by atoms with Crippen molar-refractivity contribution in [2.75, 3.05) is 0 Å². The number of carbonyl (C=O) groups is 3. The standard InChI is InChI=1S/C32H38O6/c1-14(2)19-11-18-9-16(5)10-20(18)23-21(19)12-30(7)13-31(8)24(15(3)4)26(34)22(17(6)33)28(36)32(31,38)29(37)25(30)27(23)35/h9,11,14-15,24,35-36,38H,10,12-13H2,1-8H3/t24?,30-,31-,32+/m1/s1. The Morgan fingerprint density at radius 1 is 1.08 bits per heavy atom. The molecule has 202 valence electrons. The Morgan fingerprint density at radius 2 is 1.71 bits per heavy atom. The van der Waals surface area contributed by atoms with Gasteiger partial charge in [-0.15, -0.1) is 0 Å². The molecule has 4 aliphatic carbocycles. The summed E-state index contributed by atoms with van der Waals surface area (Å²) in [5.41, 5.74) is 0.672. The first-order chi connectivity index (χ1) is 17.5. The number of Topliss-reactive ketones (excluding diaryl/α,β-unsaturated/α-hetero) is 3. The lowest BCUT2D eigenvalue weighted by Crippen LogP contribution is -2.69. The minimum Gasteiger partial charge on any atom is -0.508 e. The average molecular weight is 519 g/mol. The van der Waals surface area contributed by atoms with Crippen LogP contribution in [0.1, 0.15) is 95.5 Å². The second kappa shape index (κ2) is 8.01. The lowest BCUT2D eigenvalue weighted by Gasteiger charge is -2.60. The first-order valence-corrected chi connectivity index (χ1v) is 13.6. The van der Waals surface area contributed by atoms with Crippen molar-refractivity contribution in [2.45, 2.75) is 86.2 Å². The maximum Gasteiger partial charge on any atom is 0.203 e. The van der Waals surface area contributed by atoms with Crippen molar-refractivity contribution in [2.24, 2.45) is 22.7 Å². The van der Waals surface area contributed by atoms with Crippen molar-refractivity contribution in [1.82, 2.24) is 0 Å². The number of hydrogen-bond donors (Lipinski definition) is 3. The molecule has 0 bridgehead atoms. The van der Waals surface area contributed by atoms with Crippen LogP contribution in [0.3, 0.4) is 0 Å². The van der Waals surface area contributed by atoms with Crippen molar-refractivity contribution in [1.29, 1.82) is 0 Å². The summed E-state index contributed by atoms with van der Waals surface area (Å²) in [5, 5.41) is 35.5. The molecule has 6 heteroatoms. The Balaban J connectivity index is 1.85. The van der Waals surface area contributed by atoms with Crippen LogP contribution in [0.15, 0.2) is 28.5 Å². The number of hydrogen-bond acceptors (Lipinski definition) is 6. The fraction of sp³-hybridized carbons (Fsp3) is 0.531. The van der Waals surface area contributed by atoms with Crippen molar-refractivity contribution >= 4 is 29.2 Å². The second-order valence-electron chi connectivity index (χ2n) is 13.2.